The quantitative estimate of drug-likeness (QED) is 0.246. The van der Waals surface area contributed by atoms with E-state index in [1.54, 1.807) is 13.8 Å². The summed E-state index contributed by atoms with van der Waals surface area (Å²) in [6, 6.07) is 3.62. The van der Waals surface area contributed by atoms with Gasteiger partial charge in [0.05, 0.1) is 36.1 Å². The number of rotatable bonds is 7. The molecule has 7 nitrogen and oxygen atoms in total. The molecule has 2 aliphatic rings. The SMILES string of the molecule is CCOC(=O)N1c2cc3c(cc2[C@H](N(Cc2cc(C(F)(F)F)cc(C(F)(F)F)c2)C(=O)OCCOC)C[C@@H]1C)CCC3. The van der Waals surface area contributed by atoms with Gasteiger partial charge in [-0.05, 0) is 86.1 Å². The third-order valence-corrected chi connectivity index (χ3v) is 7.45. The summed E-state index contributed by atoms with van der Waals surface area (Å²) in [6.07, 6.45) is -9.08. The van der Waals surface area contributed by atoms with E-state index in [-0.39, 0.29) is 37.9 Å². The molecule has 0 bridgehead atoms. The van der Waals surface area contributed by atoms with Crippen molar-refractivity contribution in [1.82, 2.24) is 4.90 Å². The average molecular weight is 603 g/mol. The molecule has 1 aliphatic heterocycles. The average Bonchev–Trinajstić information content (AvgIpc) is 3.37. The lowest BCUT2D eigenvalue weighted by Crippen LogP contribution is -2.48. The van der Waals surface area contributed by atoms with Gasteiger partial charge in [0, 0.05) is 19.7 Å². The lowest BCUT2D eigenvalue weighted by Gasteiger charge is -2.43. The maximum Gasteiger partial charge on any atom is 0.416 e. The number of alkyl halides is 6. The van der Waals surface area contributed by atoms with Gasteiger partial charge in [-0.15, -0.1) is 0 Å². The van der Waals surface area contributed by atoms with Gasteiger partial charge in [0.15, 0.2) is 0 Å². The molecular formula is C29H32F6N2O5. The van der Waals surface area contributed by atoms with Crippen LogP contribution < -0.4 is 4.90 Å². The molecule has 42 heavy (non-hydrogen) atoms. The number of benzene rings is 2. The second kappa shape index (κ2) is 12.4. The Labute approximate surface area is 239 Å². The van der Waals surface area contributed by atoms with Crippen LogP contribution in [0.1, 0.15) is 66.1 Å². The first-order chi connectivity index (χ1) is 19.7. The van der Waals surface area contributed by atoms with Crippen LogP contribution in [0.5, 0.6) is 0 Å². The summed E-state index contributed by atoms with van der Waals surface area (Å²) in [5, 5.41) is 0. The number of methoxy groups -OCH3 is 1. The lowest BCUT2D eigenvalue weighted by molar-refractivity contribution is -0.143. The maximum absolute atomic E-state index is 13.6. The zero-order chi connectivity index (χ0) is 30.8. The fourth-order valence-corrected chi connectivity index (χ4v) is 5.57. The minimum Gasteiger partial charge on any atom is -0.449 e. The van der Waals surface area contributed by atoms with Gasteiger partial charge in [-0.3, -0.25) is 9.80 Å². The molecule has 1 heterocycles. The zero-order valence-corrected chi connectivity index (χ0v) is 23.4. The molecule has 0 saturated heterocycles. The number of carbonyl (C=O) groups excluding carboxylic acids is 2. The Morgan fingerprint density at radius 3 is 2.12 bits per heavy atom. The number of halogens is 6. The third-order valence-electron chi connectivity index (χ3n) is 7.45. The Kier molecular flexibility index (Phi) is 9.29. The Morgan fingerprint density at radius 1 is 0.929 bits per heavy atom. The molecule has 0 N–H and O–H groups in total. The number of anilines is 1. The predicted molar refractivity (Wildman–Crippen MR) is 140 cm³/mol. The fourth-order valence-electron chi connectivity index (χ4n) is 5.57. The van der Waals surface area contributed by atoms with Crippen molar-refractivity contribution < 1.29 is 50.1 Å². The van der Waals surface area contributed by atoms with Gasteiger partial charge in [-0.25, -0.2) is 9.59 Å². The highest BCUT2D eigenvalue weighted by atomic mass is 19.4. The predicted octanol–water partition coefficient (Wildman–Crippen LogP) is 7.29. The number of aryl methyl sites for hydroxylation is 2. The third kappa shape index (κ3) is 6.77. The second-order valence-corrected chi connectivity index (χ2v) is 10.4. The smallest absolute Gasteiger partial charge is 0.416 e. The number of amides is 2. The summed E-state index contributed by atoms with van der Waals surface area (Å²) in [5.41, 5.74) is -0.293. The normalized spacial score (nSPS) is 18.4. The molecule has 4 rings (SSSR count). The largest absolute Gasteiger partial charge is 0.449 e. The molecule has 0 fully saturated rings. The van der Waals surface area contributed by atoms with Crippen molar-refractivity contribution in [3.05, 3.63) is 63.7 Å². The van der Waals surface area contributed by atoms with Crippen LogP contribution in [0.15, 0.2) is 30.3 Å². The van der Waals surface area contributed by atoms with Crippen molar-refractivity contribution in [2.24, 2.45) is 0 Å². The first kappa shape index (κ1) is 31.5. The van der Waals surface area contributed by atoms with Crippen LogP contribution in [0.2, 0.25) is 0 Å². The van der Waals surface area contributed by atoms with Crippen LogP contribution >= 0.6 is 0 Å². The number of hydrogen-bond donors (Lipinski definition) is 0. The molecule has 0 unspecified atom stereocenters. The van der Waals surface area contributed by atoms with Crippen molar-refractivity contribution in [3.8, 4) is 0 Å². The molecule has 0 spiro atoms. The van der Waals surface area contributed by atoms with Gasteiger partial charge in [-0.1, -0.05) is 6.07 Å². The number of ether oxygens (including phenoxy) is 3. The van der Waals surface area contributed by atoms with E-state index in [0.29, 0.717) is 23.4 Å². The fraction of sp³-hybridized carbons (Fsp3) is 0.517. The Morgan fingerprint density at radius 2 is 1.55 bits per heavy atom. The number of nitrogens with zero attached hydrogens (tertiary/aromatic N) is 2. The van der Waals surface area contributed by atoms with Crippen LogP contribution in [0.25, 0.3) is 0 Å². The van der Waals surface area contributed by atoms with Crippen molar-refractivity contribution in [2.75, 3.05) is 31.8 Å². The highest BCUT2D eigenvalue weighted by Gasteiger charge is 2.41. The van der Waals surface area contributed by atoms with Crippen molar-refractivity contribution in [2.45, 2.75) is 70.5 Å². The van der Waals surface area contributed by atoms with Crippen LogP contribution in [-0.2, 0) is 45.9 Å². The summed E-state index contributed by atoms with van der Waals surface area (Å²) < 4.78 is 97.2. The number of carbonyl (C=O) groups is 2. The topological polar surface area (TPSA) is 68.3 Å². The van der Waals surface area contributed by atoms with Gasteiger partial charge >= 0.3 is 24.5 Å². The van der Waals surface area contributed by atoms with Gasteiger partial charge in [0.1, 0.15) is 6.61 Å². The molecule has 0 radical (unpaired) electrons. The molecule has 2 aromatic carbocycles. The first-order valence-electron chi connectivity index (χ1n) is 13.6. The summed E-state index contributed by atoms with van der Waals surface area (Å²) in [4.78, 5) is 29.0. The first-order valence-corrected chi connectivity index (χ1v) is 13.6. The standard InChI is InChI=1S/C29H32F6N2O5/c1-4-41-27(39)37-17(2)10-24(23-13-19-6-5-7-20(19)14-25(23)37)36(26(38)42-9-8-40-3)16-18-11-21(28(30,31)32)15-22(12-18)29(33,34)35/h11-15,17,24H,4-10,16H2,1-3H3/t17-,24+/m0/s1. The van der Waals surface area contributed by atoms with E-state index in [0.717, 1.165) is 35.3 Å². The van der Waals surface area contributed by atoms with Crippen molar-refractivity contribution >= 4 is 17.9 Å². The number of hydrogen-bond acceptors (Lipinski definition) is 5. The van der Waals surface area contributed by atoms with Crippen LogP contribution in [0.4, 0.5) is 41.6 Å². The molecule has 1 aliphatic carbocycles. The highest BCUT2D eigenvalue weighted by Crippen LogP contribution is 2.45. The molecule has 2 aromatic rings. The van der Waals surface area contributed by atoms with E-state index in [9.17, 15) is 35.9 Å². The number of fused-ring (bicyclic) bond motifs is 2. The van der Waals surface area contributed by atoms with Gasteiger partial charge in [0.25, 0.3) is 0 Å². The van der Waals surface area contributed by atoms with Gasteiger partial charge < -0.3 is 14.2 Å². The highest BCUT2D eigenvalue weighted by molar-refractivity contribution is 5.91. The van der Waals surface area contributed by atoms with Crippen LogP contribution in [0, 0.1) is 0 Å². The van der Waals surface area contributed by atoms with E-state index < -0.39 is 54.3 Å². The second-order valence-electron chi connectivity index (χ2n) is 10.4. The van der Waals surface area contributed by atoms with Crippen LogP contribution in [0.3, 0.4) is 0 Å². The van der Waals surface area contributed by atoms with Crippen LogP contribution in [-0.4, -0.2) is 50.1 Å². The van der Waals surface area contributed by atoms with E-state index in [2.05, 4.69) is 0 Å². The van der Waals surface area contributed by atoms with E-state index in [1.165, 1.54) is 12.0 Å². The Hall–Kier alpha value is -3.48. The minimum atomic E-state index is -5.05. The Bertz CT molecular complexity index is 1280. The monoisotopic (exact) mass is 602 g/mol. The van der Waals surface area contributed by atoms with Crippen molar-refractivity contribution in [3.63, 3.8) is 0 Å². The lowest BCUT2D eigenvalue weighted by atomic mass is 9.88. The summed E-state index contributed by atoms with van der Waals surface area (Å²) in [6.45, 7) is 2.77. The minimum absolute atomic E-state index is 0.0309. The van der Waals surface area contributed by atoms with Crippen molar-refractivity contribution in [1.29, 1.82) is 0 Å². The molecule has 13 heteroatoms. The van der Waals surface area contributed by atoms with E-state index >= 15 is 0 Å². The molecule has 230 valence electrons. The summed E-state index contributed by atoms with van der Waals surface area (Å²) >= 11 is 0. The van der Waals surface area contributed by atoms with Gasteiger partial charge in [-0.2, -0.15) is 26.3 Å². The maximum atomic E-state index is 13.6. The molecule has 0 saturated carbocycles. The Balaban J connectivity index is 1.83. The molecule has 2 atom stereocenters. The summed E-state index contributed by atoms with van der Waals surface area (Å²) in [7, 11) is 1.39. The molecule has 2 amide bonds. The zero-order valence-electron chi connectivity index (χ0n) is 23.4. The summed E-state index contributed by atoms with van der Waals surface area (Å²) in [5.74, 6) is 0. The molecular weight excluding hydrogens is 570 g/mol. The van der Waals surface area contributed by atoms with E-state index in [4.69, 9.17) is 14.2 Å². The van der Waals surface area contributed by atoms with Gasteiger partial charge in [0.2, 0.25) is 0 Å². The van der Waals surface area contributed by atoms with E-state index in [1.807, 2.05) is 12.1 Å². The molecule has 0 aromatic heterocycles.